The smallest absolute Gasteiger partial charge is 0.220 e. The van der Waals surface area contributed by atoms with E-state index in [2.05, 4.69) is 10.6 Å². The van der Waals surface area contributed by atoms with Gasteiger partial charge in [0.05, 0.1) is 20.3 Å². The van der Waals surface area contributed by atoms with Crippen molar-refractivity contribution < 1.29 is 14.3 Å². The number of methoxy groups -OCH3 is 2. The number of nitrogens with one attached hydrogen (secondary N) is 2. The number of benzene rings is 1. The minimum absolute atomic E-state index is 0.0460. The fourth-order valence-electron chi connectivity index (χ4n) is 3.02. The third kappa shape index (κ3) is 5.13. The number of carbonyl (C=O) groups excluding carboxylic acids is 1. The van der Waals surface area contributed by atoms with Gasteiger partial charge in [0.1, 0.15) is 0 Å². The molecule has 23 heavy (non-hydrogen) atoms. The quantitative estimate of drug-likeness (QED) is 0.811. The molecule has 1 atom stereocenters. The van der Waals surface area contributed by atoms with Crippen molar-refractivity contribution in [3.8, 4) is 11.5 Å². The number of hydrogen-bond acceptors (Lipinski definition) is 4. The van der Waals surface area contributed by atoms with Crippen molar-refractivity contribution >= 4 is 5.91 Å². The van der Waals surface area contributed by atoms with Gasteiger partial charge in [-0.25, -0.2) is 0 Å². The molecule has 0 aromatic heterocycles. The Hall–Kier alpha value is -1.75. The molecule has 2 rings (SSSR count). The largest absolute Gasteiger partial charge is 0.493 e. The van der Waals surface area contributed by atoms with Gasteiger partial charge in [-0.1, -0.05) is 6.07 Å². The van der Waals surface area contributed by atoms with Crippen LogP contribution in [-0.4, -0.2) is 33.2 Å². The van der Waals surface area contributed by atoms with Crippen LogP contribution in [0.2, 0.25) is 0 Å². The molecule has 1 saturated heterocycles. The van der Waals surface area contributed by atoms with E-state index in [1.54, 1.807) is 14.2 Å². The van der Waals surface area contributed by atoms with E-state index in [-0.39, 0.29) is 11.9 Å². The van der Waals surface area contributed by atoms with E-state index in [4.69, 9.17) is 9.47 Å². The summed E-state index contributed by atoms with van der Waals surface area (Å²) in [6.45, 7) is 4.15. The van der Waals surface area contributed by atoms with Crippen LogP contribution in [0, 0.1) is 5.92 Å². The molecule has 0 saturated carbocycles. The molecule has 0 unspecified atom stereocenters. The lowest BCUT2D eigenvalue weighted by Gasteiger charge is -2.22. The molecule has 1 aromatic rings. The SMILES string of the molecule is COc1ccc([C@H](C)NC(=O)CCC2CCNCC2)cc1OC. The average molecular weight is 320 g/mol. The van der Waals surface area contributed by atoms with Crippen molar-refractivity contribution in [1.82, 2.24) is 10.6 Å². The topological polar surface area (TPSA) is 59.6 Å². The van der Waals surface area contributed by atoms with Gasteiger partial charge in [0.2, 0.25) is 5.91 Å². The first-order chi connectivity index (χ1) is 11.1. The van der Waals surface area contributed by atoms with Crippen LogP contribution < -0.4 is 20.1 Å². The molecule has 128 valence electrons. The van der Waals surface area contributed by atoms with Crippen molar-refractivity contribution in [1.29, 1.82) is 0 Å². The molecule has 1 amide bonds. The summed E-state index contributed by atoms with van der Waals surface area (Å²) in [4.78, 5) is 12.2. The number of piperidine rings is 1. The van der Waals surface area contributed by atoms with E-state index >= 15 is 0 Å². The van der Waals surface area contributed by atoms with Crippen LogP contribution in [0.25, 0.3) is 0 Å². The van der Waals surface area contributed by atoms with E-state index in [0.29, 0.717) is 23.8 Å². The van der Waals surface area contributed by atoms with Crippen molar-refractivity contribution in [2.24, 2.45) is 5.92 Å². The van der Waals surface area contributed by atoms with Gasteiger partial charge in [-0.15, -0.1) is 0 Å². The Morgan fingerprint density at radius 3 is 2.61 bits per heavy atom. The Balaban J connectivity index is 1.85. The number of ether oxygens (including phenoxy) is 2. The summed E-state index contributed by atoms with van der Waals surface area (Å²) in [6, 6.07) is 5.69. The molecule has 5 heteroatoms. The number of hydrogen-bond donors (Lipinski definition) is 2. The van der Waals surface area contributed by atoms with Gasteiger partial charge in [-0.2, -0.15) is 0 Å². The molecule has 2 N–H and O–H groups in total. The number of amides is 1. The van der Waals surface area contributed by atoms with E-state index in [9.17, 15) is 4.79 Å². The van der Waals surface area contributed by atoms with E-state index < -0.39 is 0 Å². The van der Waals surface area contributed by atoms with Gasteiger partial charge in [0.15, 0.2) is 11.5 Å². The maximum Gasteiger partial charge on any atom is 0.220 e. The molecule has 5 nitrogen and oxygen atoms in total. The van der Waals surface area contributed by atoms with Crippen molar-refractivity contribution in [3.63, 3.8) is 0 Å². The molecule has 1 aliphatic heterocycles. The van der Waals surface area contributed by atoms with Crippen molar-refractivity contribution in [3.05, 3.63) is 23.8 Å². The van der Waals surface area contributed by atoms with Crippen LogP contribution in [0.15, 0.2) is 18.2 Å². The second kappa shape index (κ2) is 8.77. The van der Waals surface area contributed by atoms with E-state index in [1.165, 1.54) is 12.8 Å². The Bertz CT molecular complexity index is 513. The van der Waals surface area contributed by atoms with Crippen LogP contribution in [0.1, 0.15) is 44.2 Å². The summed E-state index contributed by atoms with van der Waals surface area (Å²) in [7, 11) is 3.23. The first-order valence-corrected chi connectivity index (χ1v) is 8.36. The predicted octanol–water partition coefficient (Wildman–Crippen LogP) is 2.66. The summed E-state index contributed by atoms with van der Waals surface area (Å²) in [6.07, 6.45) is 3.94. The zero-order chi connectivity index (χ0) is 16.7. The fraction of sp³-hybridized carbons (Fsp3) is 0.611. The monoisotopic (exact) mass is 320 g/mol. The summed E-state index contributed by atoms with van der Waals surface area (Å²) in [5.41, 5.74) is 1.01. The lowest BCUT2D eigenvalue weighted by Crippen LogP contribution is -2.30. The summed E-state index contributed by atoms with van der Waals surface area (Å²) in [5, 5.41) is 6.43. The first-order valence-electron chi connectivity index (χ1n) is 8.36. The third-order valence-electron chi connectivity index (χ3n) is 4.52. The van der Waals surface area contributed by atoms with Crippen molar-refractivity contribution in [2.45, 2.75) is 38.6 Å². The highest BCUT2D eigenvalue weighted by atomic mass is 16.5. The van der Waals surface area contributed by atoms with Crippen LogP contribution in [0.5, 0.6) is 11.5 Å². The average Bonchev–Trinajstić information content (AvgIpc) is 2.60. The molecule has 1 aliphatic rings. The van der Waals surface area contributed by atoms with Gasteiger partial charge >= 0.3 is 0 Å². The molecule has 1 fully saturated rings. The van der Waals surface area contributed by atoms with Gasteiger partial charge in [0, 0.05) is 6.42 Å². The molecule has 1 heterocycles. The predicted molar refractivity (Wildman–Crippen MR) is 90.9 cm³/mol. The highest BCUT2D eigenvalue weighted by Crippen LogP contribution is 2.30. The maximum absolute atomic E-state index is 12.2. The summed E-state index contributed by atoms with van der Waals surface area (Å²) >= 11 is 0. The molecule has 1 aromatic carbocycles. The zero-order valence-corrected chi connectivity index (χ0v) is 14.4. The maximum atomic E-state index is 12.2. The second-order valence-electron chi connectivity index (χ2n) is 6.14. The lowest BCUT2D eigenvalue weighted by atomic mass is 9.93. The Morgan fingerprint density at radius 2 is 1.96 bits per heavy atom. The van der Waals surface area contributed by atoms with Gasteiger partial charge in [-0.05, 0) is 62.9 Å². The Morgan fingerprint density at radius 1 is 1.26 bits per heavy atom. The first kappa shape index (κ1) is 17.6. The number of carbonyl (C=O) groups is 1. The van der Waals surface area contributed by atoms with E-state index in [1.807, 2.05) is 25.1 Å². The second-order valence-corrected chi connectivity index (χ2v) is 6.14. The highest BCUT2D eigenvalue weighted by Gasteiger charge is 2.16. The molecule has 0 aliphatic carbocycles. The molecular formula is C18H28N2O3. The Labute approximate surface area is 138 Å². The van der Waals surface area contributed by atoms with Gasteiger partial charge < -0.3 is 20.1 Å². The summed E-state index contributed by atoms with van der Waals surface area (Å²) in [5.74, 6) is 2.17. The number of rotatable bonds is 7. The van der Waals surface area contributed by atoms with E-state index in [0.717, 1.165) is 25.1 Å². The lowest BCUT2D eigenvalue weighted by molar-refractivity contribution is -0.122. The zero-order valence-electron chi connectivity index (χ0n) is 14.4. The minimum atomic E-state index is -0.0460. The highest BCUT2D eigenvalue weighted by molar-refractivity contribution is 5.76. The van der Waals surface area contributed by atoms with Crippen LogP contribution in [-0.2, 0) is 4.79 Å². The third-order valence-corrected chi connectivity index (χ3v) is 4.52. The normalized spacial score (nSPS) is 16.7. The molecule has 0 radical (unpaired) electrons. The van der Waals surface area contributed by atoms with Crippen molar-refractivity contribution in [2.75, 3.05) is 27.3 Å². The van der Waals surface area contributed by atoms with Crippen LogP contribution in [0.3, 0.4) is 0 Å². The summed E-state index contributed by atoms with van der Waals surface area (Å²) < 4.78 is 10.6. The van der Waals surface area contributed by atoms with Crippen LogP contribution >= 0.6 is 0 Å². The Kier molecular flexibility index (Phi) is 6.71. The molecule has 0 bridgehead atoms. The molecule has 0 spiro atoms. The van der Waals surface area contributed by atoms with Gasteiger partial charge in [0.25, 0.3) is 0 Å². The fourth-order valence-corrected chi connectivity index (χ4v) is 3.02. The standard InChI is InChI=1S/C18H28N2O3/c1-13(15-5-6-16(22-2)17(12-15)23-3)20-18(21)7-4-14-8-10-19-11-9-14/h5-6,12-14,19H,4,7-11H2,1-3H3,(H,20,21)/t13-/m0/s1. The molecular weight excluding hydrogens is 292 g/mol. The minimum Gasteiger partial charge on any atom is -0.493 e. The van der Waals surface area contributed by atoms with Crippen LogP contribution in [0.4, 0.5) is 0 Å². The van der Waals surface area contributed by atoms with Gasteiger partial charge in [-0.3, -0.25) is 4.79 Å².